The van der Waals surface area contributed by atoms with Gasteiger partial charge in [0.25, 0.3) is 0 Å². The van der Waals surface area contributed by atoms with Crippen LogP contribution in [0.2, 0.25) is 0 Å². The first kappa shape index (κ1) is 13.5. The number of amides is 1. The van der Waals surface area contributed by atoms with Gasteiger partial charge in [0.05, 0.1) is 6.54 Å². The van der Waals surface area contributed by atoms with Crippen molar-refractivity contribution in [1.29, 1.82) is 0 Å². The van der Waals surface area contributed by atoms with Crippen molar-refractivity contribution >= 4 is 11.6 Å². The summed E-state index contributed by atoms with van der Waals surface area (Å²) in [5.41, 5.74) is 6.17. The highest BCUT2D eigenvalue weighted by Crippen LogP contribution is 2.37. The van der Waals surface area contributed by atoms with E-state index in [1.165, 1.54) is 35.1 Å². The number of hydrogen-bond acceptors (Lipinski definition) is 2. The fraction of sp³-hybridized carbons (Fsp3) is 0.316. The highest BCUT2D eigenvalue weighted by Gasteiger charge is 2.21. The maximum absolute atomic E-state index is 12.0. The summed E-state index contributed by atoms with van der Waals surface area (Å²) in [6.45, 7) is 1.36. The van der Waals surface area contributed by atoms with E-state index in [1.54, 1.807) is 0 Å². The van der Waals surface area contributed by atoms with Gasteiger partial charge >= 0.3 is 0 Å². The molecular formula is C19H20N2O. The van der Waals surface area contributed by atoms with E-state index in [0.29, 0.717) is 6.54 Å². The molecule has 0 aliphatic heterocycles. The van der Waals surface area contributed by atoms with Crippen LogP contribution in [0.5, 0.6) is 0 Å². The number of carbonyl (C=O) groups excluding carboxylic acids is 1. The van der Waals surface area contributed by atoms with Crippen LogP contribution in [-0.4, -0.2) is 19.0 Å². The van der Waals surface area contributed by atoms with E-state index in [2.05, 4.69) is 47.0 Å². The number of carbonyl (C=O) groups is 1. The van der Waals surface area contributed by atoms with Crippen molar-refractivity contribution in [1.82, 2.24) is 5.32 Å². The molecule has 0 spiro atoms. The van der Waals surface area contributed by atoms with Crippen molar-refractivity contribution in [2.75, 3.05) is 18.4 Å². The van der Waals surface area contributed by atoms with Crippen molar-refractivity contribution in [3.8, 4) is 11.1 Å². The van der Waals surface area contributed by atoms with Gasteiger partial charge in [-0.25, -0.2) is 0 Å². The van der Waals surface area contributed by atoms with E-state index in [9.17, 15) is 4.79 Å². The first-order valence-corrected chi connectivity index (χ1v) is 8.01. The van der Waals surface area contributed by atoms with Crippen LogP contribution in [0.4, 0.5) is 5.69 Å². The van der Waals surface area contributed by atoms with E-state index in [4.69, 9.17) is 0 Å². The Kier molecular flexibility index (Phi) is 3.43. The third kappa shape index (κ3) is 2.77. The average molecular weight is 292 g/mol. The SMILES string of the molecule is O=C(CNCC1CC1)Nc1ccc2c(c1)Cc1ccccc1-2. The van der Waals surface area contributed by atoms with Crippen LogP contribution >= 0.6 is 0 Å². The molecule has 0 heterocycles. The summed E-state index contributed by atoms with van der Waals surface area (Å²) < 4.78 is 0. The molecule has 3 nitrogen and oxygen atoms in total. The van der Waals surface area contributed by atoms with Crippen LogP contribution < -0.4 is 10.6 Å². The molecule has 3 heteroatoms. The van der Waals surface area contributed by atoms with E-state index >= 15 is 0 Å². The van der Waals surface area contributed by atoms with E-state index in [1.807, 2.05) is 6.07 Å². The molecule has 0 bridgehead atoms. The minimum atomic E-state index is 0.0381. The Balaban J connectivity index is 1.41. The zero-order chi connectivity index (χ0) is 14.9. The predicted octanol–water partition coefficient (Wildman–Crippen LogP) is 3.20. The minimum Gasteiger partial charge on any atom is -0.325 e. The predicted molar refractivity (Wildman–Crippen MR) is 88.9 cm³/mol. The first-order chi connectivity index (χ1) is 10.8. The molecule has 1 fully saturated rings. The lowest BCUT2D eigenvalue weighted by molar-refractivity contribution is -0.115. The topological polar surface area (TPSA) is 41.1 Å². The number of nitrogens with one attached hydrogen (secondary N) is 2. The molecule has 2 aromatic carbocycles. The Morgan fingerprint density at radius 3 is 2.73 bits per heavy atom. The van der Waals surface area contributed by atoms with Gasteiger partial charge in [0.15, 0.2) is 0 Å². The third-order valence-corrected chi connectivity index (χ3v) is 4.49. The van der Waals surface area contributed by atoms with Gasteiger partial charge in [-0.2, -0.15) is 0 Å². The van der Waals surface area contributed by atoms with Gasteiger partial charge < -0.3 is 10.6 Å². The number of fused-ring (bicyclic) bond motifs is 3. The summed E-state index contributed by atoms with van der Waals surface area (Å²) in [5.74, 6) is 0.836. The minimum absolute atomic E-state index is 0.0381. The van der Waals surface area contributed by atoms with Crippen molar-refractivity contribution in [3.05, 3.63) is 53.6 Å². The second kappa shape index (κ2) is 5.58. The zero-order valence-corrected chi connectivity index (χ0v) is 12.6. The average Bonchev–Trinajstić information content (AvgIpc) is 3.26. The molecule has 0 unspecified atom stereocenters. The monoisotopic (exact) mass is 292 g/mol. The molecule has 0 aromatic heterocycles. The fourth-order valence-electron chi connectivity index (χ4n) is 3.14. The van der Waals surface area contributed by atoms with Crippen molar-refractivity contribution < 1.29 is 4.79 Å². The summed E-state index contributed by atoms with van der Waals surface area (Å²) in [4.78, 5) is 12.0. The Bertz CT molecular complexity index is 719. The van der Waals surface area contributed by atoms with Gasteiger partial charge in [-0.05, 0) is 66.1 Å². The van der Waals surface area contributed by atoms with Gasteiger partial charge in [-0.15, -0.1) is 0 Å². The largest absolute Gasteiger partial charge is 0.325 e. The van der Waals surface area contributed by atoms with E-state index < -0.39 is 0 Å². The number of rotatable bonds is 5. The Labute approximate surface area is 130 Å². The van der Waals surface area contributed by atoms with E-state index in [0.717, 1.165) is 24.6 Å². The second-order valence-corrected chi connectivity index (χ2v) is 6.33. The normalized spacial score (nSPS) is 15.3. The molecule has 0 radical (unpaired) electrons. The summed E-state index contributed by atoms with van der Waals surface area (Å²) in [7, 11) is 0. The third-order valence-electron chi connectivity index (χ3n) is 4.49. The molecule has 1 saturated carbocycles. The Hall–Kier alpha value is -2.13. The lowest BCUT2D eigenvalue weighted by Gasteiger charge is -2.08. The molecule has 112 valence electrons. The fourth-order valence-corrected chi connectivity index (χ4v) is 3.14. The number of hydrogen-bond donors (Lipinski definition) is 2. The molecule has 0 saturated heterocycles. The van der Waals surface area contributed by atoms with Crippen LogP contribution in [-0.2, 0) is 11.2 Å². The Morgan fingerprint density at radius 2 is 1.86 bits per heavy atom. The van der Waals surface area contributed by atoms with Gasteiger partial charge in [-0.3, -0.25) is 4.79 Å². The first-order valence-electron chi connectivity index (χ1n) is 8.01. The maximum Gasteiger partial charge on any atom is 0.238 e. The second-order valence-electron chi connectivity index (χ2n) is 6.33. The number of benzene rings is 2. The summed E-state index contributed by atoms with van der Waals surface area (Å²) >= 11 is 0. The van der Waals surface area contributed by atoms with Crippen molar-refractivity contribution in [2.24, 2.45) is 5.92 Å². The quantitative estimate of drug-likeness (QED) is 0.758. The number of anilines is 1. The highest BCUT2D eigenvalue weighted by atomic mass is 16.1. The summed E-state index contributed by atoms with van der Waals surface area (Å²) in [6, 6.07) is 14.7. The zero-order valence-electron chi connectivity index (χ0n) is 12.6. The van der Waals surface area contributed by atoms with Gasteiger partial charge in [0.1, 0.15) is 0 Å². The lowest BCUT2D eigenvalue weighted by atomic mass is 10.1. The smallest absolute Gasteiger partial charge is 0.238 e. The van der Waals surface area contributed by atoms with Gasteiger partial charge in [-0.1, -0.05) is 30.3 Å². The molecule has 2 aromatic rings. The summed E-state index contributed by atoms with van der Waals surface area (Å²) in [5, 5.41) is 6.21. The van der Waals surface area contributed by atoms with Crippen LogP contribution in [0.3, 0.4) is 0 Å². The molecule has 2 aliphatic carbocycles. The van der Waals surface area contributed by atoms with Crippen molar-refractivity contribution in [2.45, 2.75) is 19.3 Å². The molecule has 0 atom stereocenters. The standard InChI is InChI=1S/C19H20N2O/c22-19(12-20-11-13-5-6-13)21-16-7-8-18-15(10-16)9-14-3-1-2-4-17(14)18/h1-4,7-8,10,13,20H,5-6,9,11-12H2,(H,21,22). The molecule has 2 aliphatic rings. The molecular weight excluding hydrogens is 272 g/mol. The highest BCUT2D eigenvalue weighted by molar-refractivity contribution is 5.93. The van der Waals surface area contributed by atoms with Crippen LogP contribution in [0, 0.1) is 5.92 Å². The lowest BCUT2D eigenvalue weighted by Crippen LogP contribution is -2.29. The van der Waals surface area contributed by atoms with E-state index in [-0.39, 0.29) is 5.91 Å². The Morgan fingerprint density at radius 1 is 1.05 bits per heavy atom. The maximum atomic E-state index is 12.0. The van der Waals surface area contributed by atoms with Crippen molar-refractivity contribution in [3.63, 3.8) is 0 Å². The molecule has 1 amide bonds. The van der Waals surface area contributed by atoms with Gasteiger partial charge in [0, 0.05) is 5.69 Å². The molecule has 2 N–H and O–H groups in total. The van der Waals surface area contributed by atoms with Crippen LogP contribution in [0.25, 0.3) is 11.1 Å². The summed E-state index contributed by atoms with van der Waals surface area (Å²) in [6.07, 6.45) is 3.56. The molecule has 4 rings (SSSR count). The van der Waals surface area contributed by atoms with Gasteiger partial charge in [0.2, 0.25) is 5.91 Å². The molecule has 22 heavy (non-hydrogen) atoms. The van der Waals surface area contributed by atoms with Crippen LogP contribution in [0.1, 0.15) is 24.0 Å². The van der Waals surface area contributed by atoms with Crippen LogP contribution in [0.15, 0.2) is 42.5 Å².